The van der Waals surface area contributed by atoms with E-state index in [1.807, 2.05) is 0 Å². The van der Waals surface area contributed by atoms with Crippen LogP contribution in [-0.2, 0) is 9.47 Å². The van der Waals surface area contributed by atoms with Crippen LogP contribution < -0.4 is 5.32 Å². The maximum Gasteiger partial charge on any atom is 0.0707 e. The van der Waals surface area contributed by atoms with Crippen molar-refractivity contribution in [2.24, 2.45) is 0 Å². The van der Waals surface area contributed by atoms with Crippen molar-refractivity contribution in [1.29, 1.82) is 0 Å². The van der Waals surface area contributed by atoms with Gasteiger partial charge in [0.2, 0.25) is 0 Å². The first kappa shape index (κ1) is 15.2. The zero-order valence-corrected chi connectivity index (χ0v) is 12.6. The molecule has 0 bridgehead atoms. The van der Waals surface area contributed by atoms with Crippen molar-refractivity contribution >= 4 is 0 Å². The van der Waals surface area contributed by atoms with E-state index in [9.17, 15) is 0 Å². The SMILES string of the molecule is CCCNCC1CCC(CN(C)C2CCOCC2)O1. The van der Waals surface area contributed by atoms with Crippen molar-refractivity contribution in [2.75, 3.05) is 39.9 Å². The fourth-order valence-corrected chi connectivity index (χ4v) is 3.10. The van der Waals surface area contributed by atoms with Gasteiger partial charge < -0.3 is 19.7 Å². The van der Waals surface area contributed by atoms with Crippen LogP contribution in [-0.4, -0.2) is 63.0 Å². The molecule has 0 aliphatic carbocycles. The lowest BCUT2D eigenvalue weighted by Crippen LogP contribution is -2.41. The predicted molar refractivity (Wildman–Crippen MR) is 77.5 cm³/mol. The van der Waals surface area contributed by atoms with Crippen LogP contribution in [0.5, 0.6) is 0 Å². The summed E-state index contributed by atoms with van der Waals surface area (Å²) in [5.41, 5.74) is 0. The molecule has 2 rings (SSSR count). The molecule has 0 aromatic heterocycles. The first-order chi connectivity index (χ1) is 9.29. The van der Waals surface area contributed by atoms with Gasteiger partial charge in [0.05, 0.1) is 12.2 Å². The van der Waals surface area contributed by atoms with Gasteiger partial charge in [0, 0.05) is 32.3 Å². The summed E-state index contributed by atoms with van der Waals surface area (Å²) in [5.74, 6) is 0. The number of rotatable bonds is 7. The van der Waals surface area contributed by atoms with Crippen LogP contribution in [0.4, 0.5) is 0 Å². The first-order valence-electron chi connectivity index (χ1n) is 7.93. The molecule has 0 radical (unpaired) electrons. The molecular weight excluding hydrogens is 240 g/mol. The molecule has 2 unspecified atom stereocenters. The quantitative estimate of drug-likeness (QED) is 0.713. The molecule has 1 N–H and O–H groups in total. The molecular formula is C15H30N2O2. The van der Waals surface area contributed by atoms with Crippen LogP contribution in [0, 0.1) is 0 Å². The van der Waals surface area contributed by atoms with Crippen LogP contribution in [0.1, 0.15) is 39.0 Å². The Morgan fingerprint density at radius 2 is 1.84 bits per heavy atom. The van der Waals surface area contributed by atoms with E-state index in [2.05, 4.69) is 24.2 Å². The molecule has 0 amide bonds. The number of likely N-dealkylation sites (N-methyl/N-ethyl adjacent to an activating group) is 1. The van der Waals surface area contributed by atoms with E-state index in [4.69, 9.17) is 9.47 Å². The van der Waals surface area contributed by atoms with Gasteiger partial charge in [0.25, 0.3) is 0 Å². The summed E-state index contributed by atoms with van der Waals surface area (Å²) in [6.07, 6.45) is 6.83. The van der Waals surface area contributed by atoms with E-state index in [1.165, 1.54) is 32.1 Å². The van der Waals surface area contributed by atoms with E-state index in [0.29, 0.717) is 18.2 Å². The van der Waals surface area contributed by atoms with Crippen molar-refractivity contribution in [2.45, 2.75) is 57.3 Å². The number of nitrogens with one attached hydrogen (secondary N) is 1. The van der Waals surface area contributed by atoms with Crippen molar-refractivity contribution in [3.05, 3.63) is 0 Å². The second kappa shape index (κ2) is 8.20. The van der Waals surface area contributed by atoms with Crippen LogP contribution in [0.3, 0.4) is 0 Å². The number of nitrogens with zero attached hydrogens (tertiary/aromatic N) is 1. The molecule has 112 valence electrons. The van der Waals surface area contributed by atoms with Gasteiger partial charge in [-0.3, -0.25) is 0 Å². The summed E-state index contributed by atoms with van der Waals surface area (Å²) in [6.45, 7) is 7.25. The maximum absolute atomic E-state index is 6.13. The van der Waals surface area contributed by atoms with Gasteiger partial charge in [-0.05, 0) is 45.7 Å². The number of ether oxygens (including phenoxy) is 2. The molecule has 0 saturated carbocycles. The summed E-state index contributed by atoms with van der Waals surface area (Å²) in [4.78, 5) is 2.48. The van der Waals surface area contributed by atoms with E-state index >= 15 is 0 Å². The highest BCUT2D eigenvalue weighted by molar-refractivity contribution is 4.80. The average Bonchev–Trinajstić information content (AvgIpc) is 2.88. The second-order valence-electron chi connectivity index (χ2n) is 5.94. The average molecular weight is 270 g/mol. The molecule has 0 spiro atoms. The highest BCUT2D eigenvalue weighted by atomic mass is 16.5. The summed E-state index contributed by atoms with van der Waals surface area (Å²) in [7, 11) is 2.24. The third-order valence-electron chi connectivity index (χ3n) is 4.30. The summed E-state index contributed by atoms with van der Waals surface area (Å²) < 4.78 is 11.6. The smallest absolute Gasteiger partial charge is 0.0707 e. The van der Waals surface area contributed by atoms with Gasteiger partial charge >= 0.3 is 0 Å². The zero-order valence-electron chi connectivity index (χ0n) is 12.6. The van der Waals surface area contributed by atoms with E-state index in [0.717, 1.165) is 32.8 Å². The third kappa shape index (κ3) is 5.03. The predicted octanol–water partition coefficient (Wildman–Crippen LogP) is 1.64. The zero-order chi connectivity index (χ0) is 13.5. The molecule has 19 heavy (non-hydrogen) atoms. The van der Waals surface area contributed by atoms with Crippen LogP contribution in [0.2, 0.25) is 0 Å². The van der Waals surface area contributed by atoms with E-state index in [1.54, 1.807) is 0 Å². The Kier molecular flexibility index (Phi) is 6.57. The second-order valence-corrected chi connectivity index (χ2v) is 5.94. The molecule has 4 nitrogen and oxygen atoms in total. The fourth-order valence-electron chi connectivity index (χ4n) is 3.10. The molecule has 0 aromatic carbocycles. The minimum Gasteiger partial charge on any atom is -0.381 e. The Morgan fingerprint density at radius 1 is 1.11 bits per heavy atom. The van der Waals surface area contributed by atoms with Gasteiger partial charge in [-0.25, -0.2) is 0 Å². The van der Waals surface area contributed by atoms with Gasteiger partial charge in [0.1, 0.15) is 0 Å². The Hall–Kier alpha value is -0.160. The van der Waals surface area contributed by atoms with Crippen LogP contribution in [0.15, 0.2) is 0 Å². The first-order valence-corrected chi connectivity index (χ1v) is 7.93. The van der Waals surface area contributed by atoms with Gasteiger partial charge in [-0.15, -0.1) is 0 Å². The highest BCUT2D eigenvalue weighted by Crippen LogP contribution is 2.22. The minimum atomic E-state index is 0.430. The lowest BCUT2D eigenvalue weighted by molar-refractivity contribution is -0.00125. The van der Waals surface area contributed by atoms with Crippen molar-refractivity contribution < 1.29 is 9.47 Å². The Morgan fingerprint density at radius 3 is 2.58 bits per heavy atom. The van der Waals surface area contributed by atoms with Crippen LogP contribution in [0.25, 0.3) is 0 Å². The standard InChI is InChI=1S/C15H30N2O2/c1-3-8-16-11-14-4-5-15(19-14)12-17(2)13-6-9-18-10-7-13/h13-16H,3-12H2,1-2H3. The Balaban J connectivity index is 1.63. The normalized spacial score (nSPS) is 29.2. The van der Waals surface area contributed by atoms with Gasteiger partial charge in [0.15, 0.2) is 0 Å². The van der Waals surface area contributed by atoms with E-state index in [-0.39, 0.29) is 0 Å². The largest absolute Gasteiger partial charge is 0.381 e. The Labute approximate surface area is 117 Å². The van der Waals surface area contributed by atoms with Gasteiger partial charge in [-0.1, -0.05) is 6.92 Å². The molecule has 2 heterocycles. The molecule has 2 aliphatic rings. The highest BCUT2D eigenvalue weighted by Gasteiger charge is 2.28. The maximum atomic E-state index is 6.13. The molecule has 2 aliphatic heterocycles. The third-order valence-corrected chi connectivity index (χ3v) is 4.30. The number of hydrogen-bond donors (Lipinski definition) is 1. The minimum absolute atomic E-state index is 0.430. The number of hydrogen-bond acceptors (Lipinski definition) is 4. The van der Waals surface area contributed by atoms with Gasteiger partial charge in [-0.2, -0.15) is 0 Å². The topological polar surface area (TPSA) is 33.7 Å². The van der Waals surface area contributed by atoms with Crippen molar-refractivity contribution in [1.82, 2.24) is 10.2 Å². The fraction of sp³-hybridized carbons (Fsp3) is 1.00. The summed E-state index contributed by atoms with van der Waals surface area (Å²) in [6, 6.07) is 0.689. The molecule has 2 fully saturated rings. The van der Waals surface area contributed by atoms with Crippen molar-refractivity contribution in [3.8, 4) is 0 Å². The summed E-state index contributed by atoms with van der Waals surface area (Å²) in [5, 5.41) is 3.46. The molecule has 0 aromatic rings. The molecule has 2 atom stereocenters. The monoisotopic (exact) mass is 270 g/mol. The lowest BCUT2D eigenvalue weighted by atomic mass is 10.1. The Bertz CT molecular complexity index is 244. The summed E-state index contributed by atoms with van der Waals surface area (Å²) >= 11 is 0. The molecule has 2 saturated heterocycles. The van der Waals surface area contributed by atoms with Crippen molar-refractivity contribution in [3.63, 3.8) is 0 Å². The lowest BCUT2D eigenvalue weighted by Gasteiger charge is -2.32. The van der Waals surface area contributed by atoms with Crippen LogP contribution >= 0.6 is 0 Å². The molecule has 4 heteroatoms. The van der Waals surface area contributed by atoms with E-state index < -0.39 is 0 Å².